The van der Waals surface area contributed by atoms with Gasteiger partial charge in [0.25, 0.3) is 0 Å². The number of hydrogen-bond acceptors (Lipinski definition) is 4. The molecule has 0 radical (unpaired) electrons. The molecule has 0 aromatic carbocycles. The lowest BCUT2D eigenvalue weighted by Gasteiger charge is -2.32. The Kier molecular flexibility index (Phi) is 2.56. The predicted molar refractivity (Wildman–Crippen MR) is 52.4 cm³/mol. The van der Waals surface area contributed by atoms with E-state index in [9.17, 15) is 14.7 Å². The van der Waals surface area contributed by atoms with E-state index in [1.54, 1.807) is 0 Å². The van der Waals surface area contributed by atoms with Crippen molar-refractivity contribution in [3.05, 3.63) is 0 Å². The largest absolute Gasteiger partial charge is 0.548 e. The van der Waals surface area contributed by atoms with Crippen LogP contribution in [0.3, 0.4) is 0 Å². The Balaban J connectivity index is 3.12. The molecule has 1 saturated heterocycles. The predicted octanol–water partition coefficient (Wildman–Crippen LogP) is -0.175. The summed E-state index contributed by atoms with van der Waals surface area (Å²) < 4.78 is -0.511. The lowest BCUT2D eigenvalue weighted by atomic mass is 10.0. The Morgan fingerprint density at radius 3 is 2.21 bits per heavy atom. The molecular weight excluding hydrogens is 202 g/mol. The average molecular weight is 216 g/mol. The van der Waals surface area contributed by atoms with Crippen LogP contribution in [0.5, 0.6) is 0 Å². The molecule has 1 aliphatic heterocycles. The molecule has 0 aromatic heterocycles. The van der Waals surface area contributed by atoms with Crippen LogP contribution < -0.4 is 5.11 Å². The highest BCUT2D eigenvalue weighted by molar-refractivity contribution is 8.02. The van der Waals surface area contributed by atoms with E-state index in [-0.39, 0.29) is 0 Å². The van der Waals surface area contributed by atoms with E-state index >= 15 is 0 Å². The summed E-state index contributed by atoms with van der Waals surface area (Å²) in [5, 5.41) is 10.9. The fraction of sp³-hybridized carbons (Fsp3) is 0.778. The van der Waals surface area contributed by atoms with Crippen molar-refractivity contribution in [1.82, 2.24) is 4.90 Å². The smallest absolute Gasteiger partial charge is 0.211 e. The van der Waals surface area contributed by atoms with E-state index in [2.05, 4.69) is 0 Å². The number of thioether (sulfide) groups is 1. The van der Waals surface area contributed by atoms with Gasteiger partial charge in [-0.15, -0.1) is 11.8 Å². The van der Waals surface area contributed by atoms with Gasteiger partial charge in [-0.2, -0.15) is 0 Å². The molecule has 1 fully saturated rings. The molecule has 0 bridgehead atoms. The van der Waals surface area contributed by atoms with Gasteiger partial charge in [-0.3, -0.25) is 4.79 Å². The Bertz CT molecular complexity index is 275. The second-order valence-electron chi connectivity index (χ2n) is 4.39. The number of carbonyl (C=O) groups excluding carboxylic acids is 2. The van der Waals surface area contributed by atoms with Gasteiger partial charge in [0.15, 0.2) is 0 Å². The second kappa shape index (κ2) is 3.15. The van der Waals surface area contributed by atoms with Crippen molar-refractivity contribution >= 4 is 24.1 Å². The zero-order valence-electron chi connectivity index (χ0n) is 8.73. The monoisotopic (exact) mass is 216 g/mol. The lowest BCUT2D eigenvalue weighted by Crippen LogP contribution is -2.54. The number of aliphatic carboxylic acids is 1. The lowest BCUT2D eigenvalue weighted by molar-refractivity contribution is -0.312. The molecule has 1 heterocycles. The molecule has 1 atom stereocenters. The fourth-order valence-electron chi connectivity index (χ4n) is 1.98. The van der Waals surface area contributed by atoms with Crippen molar-refractivity contribution in [2.75, 3.05) is 0 Å². The van der Waals surface area contributed by atoms with Gasteiger partial charge in [-0.1, -0.05) is 0 Å². The quantitative estimate of drug-likeness (QED) is 0.601. The first-order valence-corrected chi connectivity index (χ1v) is 5.19. The van der Waals surface area contributed by atoms with Crippen LogP contribution >= 0.6 is 11.8 Å². The Morgan fingerprint density at radius 1 is 1.43 bits per heavy atom. The van der Waals surface area contributed by atoms with Gasteiger partial charge in [0.05, 0.1) is 16.9 Å². The fourth-order valence-corrected chi connectivity index (χ4v) is 3.85. The summed E-state index contributed by atoms with van der Waals surface area (Å²) in [6.45, 7) is 7.28. The van der Waals surface area contributed by atoms with Crippen LogP contribution in [0.25, 0.3) is 0 Å². The summed E-state index contributed by atoms with van der Waals surface area (Å²) in [7, 11) is 0. The highest BCUT2D eigenvalue weighted by atomic mass is 32.2. The molecule has 0 aliphatic carbocycles. The number of hydrogen-bond donors (Lipinski definition) is 0. The van der Waals surface area contributed by atoms with Crippen molar-refractivity contribution in [2.24, 2.45) is 0 Å². The zero-order chi connectivity index (χ0) is 11.1. The molecule has 0 spiro atoms. The van der Waals surface area contributed by atoms with Gasteiger partial charge in [0.2, 0.25) is 6.41 Å². The molecule has 5 heteroatoms. The minimum atomic E-state index is -1.19. The number of amides is 1. The highest BCUT2D eigenvalue weighted by Crippen LogP contribution is 2.49. The van der Waals surface area contributed by atoms with E-state index in [0.29, 0.717) is 6.41 Å². The first-order chi connectivity index (χ1) is 6.22. The van der Waals surface area contributed by atoms with E-state index in [1.807, 2.05) is 27.7 Å². The van der Waals surface area contributed by atoms with Crippen molar-refractivity contribution in [2.45, 2.75) is 43.4 Å². The van der Waals surface area contributed by atoms with Crippen LogP contribution in [0.4, 0.5) is 0 Å². The van der Waals surface area contributed by atoms with E-state index in [1.165, 1.54) is 16.7 Å². The Morgan fingerprint density at radius 2 is 1.93 bits per heavy atom. The first kappa shape index (κ1) is 11.4. The number of carboxylic acids is 1. The summed E-state index contributed by atoms with van der Waals surface area (Å²) in [4.78, 5) is 22.6. The topological polar surface area (TPSA) is 60.4 Å². The average Bonchev–Trinajstić information content (AvgIpc) is 2.13. The maximum atomic E-state index is 10.9. The number of carboxylic acid groups (broad SMARTS) is 1. The normalized spacial score (nSPS) is 28.9. The maximum Gasteiger partial charge on any atom is 0.211 e. The number of rotatable bonds is 2. The SMILES string of the molecule is CC1(C)SC(C)(C)N(C=O)C1C(=O)[O-]. The van der Waals surface area contributed by atoms with Crippen LogP contribution in [0, 0.1) is 0 Å². The van der Waals surface area contributed by atoms with Gasteiger partial charge in [0.1, 0.15) is 0 Å². The number of nitrogens with zero attached hydrogens (tertiary/aromatic N) is 1. The molecule has 1 unspecified atom stereocenters. The zero-order valence-corrected chi connectivity index (χ0v) is 9.55. The molecular formula is C9H14NO3S-. The molecule has 14 heavy (non-hydrogen) atoms. The van der Waals surface area contributed by atoms with Crippen LogP contribution in [-0.4, -0.2) is 32.9 Å². The van der Waals surface area contributed by atoms with E-state index in [0.717, 1.165) is 0 Å². The van der Waals surface area contributed by atoms with E-state index in [4.69, 9.17) is 0 Å². The molecule has 1 aliphatic rings. The standard InChI is InChI=1S/C9H15NO3S/c1-8(2)6(7(12)13)10(5-11)9(3,4)14-8/h5-6H,1-4H3,(H,12,13)/p-1. The summed E-state index contributed by atoms with van der Waals surface area (Å²) in [6.07, 6.45) is 0.586. The molecule has 80 valence electrons. The summed E-state index contributed by atoms with van der Waals surface area (Å²) >= 11 is 1.47. The van der Waals surface area contributed by atoms with Crippen molar-refractivity contribution < 1.29 is 14.7 Å². The first-order valence-electron chi connectivity index (χ1n) is 4.37. The van der Waals surface area contributed by atoms with Gasteiger partial charge in [-0.25, -0.2) is 0 Å². The molecule has 0 saturated carbocycles. The number of carbonyl (C=O) groups is 2. The second-order valence-corrected chi connectivity index (χ2v) is 6.64. The van der Waals surface area contributed by atoms with Crippen LogP contribution in [0.2, 0.25) is 0 Å². The Labute approximate surface area is 87.7 Å². The minimum Gasteiger partial charge on any atom is -0.548 e. The highest BCUT2D eigenvalue weighted by Gasteiger charge is 2.51. The van der Waals surface area contributed by atoms with Crippen LogP contribution in [-0.2, 0) is 9.59 Å². The molecule has 1 rings (SSSR count). The third kappa shape index (κ3) is 1.61. The molecule has 1 amide bonds. The minimum absolute atomic E-state index is 0.490. The van der Waals surface area contributed by atoms with Crippen LogP contribution in [0.15, 0.2) is 0 Å². The summed E-state index contributed by atoms with van der Waals surface area (Å²) in [5.74, 6) is -1.19. The third-order valence-electron chi connectivity index (χ3n) is 2.41. The summed E-state index contributed by atoms with van der Waals surface area (Å²) in [6, 6.07) is -0.861. The Hall–Kier alpha value is -0.710. The van der Waals surface area contributed by atoms with Gasteiger partial charge in [0, 0.05) is 4.75 Å². The molecule has 4 nitrogen and oxygen atoms in total. The van der Waals surface area contributed by atoms with Crippen molar-refractivity contribution in [3.63, 3.8) is 0 Å². The summed E-state index contributed by atoms with van der Waals surface area (Å²) in [5.41, 5.74) is 0. The van der Waals surface area contributed by atoms with Gasteiger partial charge in [-0.05, 0) is 27.7 Å². The van der Waals surface area contributed by atoms with Gasteiger partial charge >= 0.3 is 0 Å². The molecule has 0 aromatic rings. The maximum absolute atomic E-state index is 10.9. The van der Waals surface area contributed by atoms with Gasteiger partial charge < -0.3 is 14.8 Å². The van der Waals surface area contributed by atoms with Crippen LogP contribution in [0.1, 0.15) is 27.7 Å². The van der Waals surface area contributed by atoms with Crippen molar-refractivity contribution in [3.8, 4) is 0 Å². The third-order valence-corrected chi connectivity index (χ3v) is 3.87. The molecule has 0 N–H and O–H groups in total. The van der Waals surface area contributed by atoms with Crippen molar-refractivity contribution in [1.29, 1.82) is 0 Å². The van der Waals surface area contributed by atoms with E-state index < -0.39 is 21.6 Å².